The largest absolute Gasteiger partial charge is 0.464 e. The first-order chi connectivity index (χ1) is 8.22. The highest BCUT2D eigenvalue weighted by Crippen LogP contribution is 2.28. The zero-order chi connectivity index (χ0) is 12.3. The van der Waals surface area contributed by atoms with Crippen LogP contribution in [0.5, 0.6) is 0 Å². The molecular formula is C14H18BrNO. The Hall–Kier alpha value is -0.800. The lowest BCUT2D eigenvalue weighted by Crippen LogP contribution is -2.17. The minimum Gasteiger partial charge on any atom is -0.464 e. The van der Waals surface area contributed by atoms with E-state index in [2.05, 4.69) is 47.2 Å². The number of nitrogens with one attached hydrogen (secondary N) is 1. The zero-order valence-corrected chi connectivity index (χ0v) is 11.9. The van der Waals surface area contributed by atoms with E-state index in [0.29, 0.717) is 0 Å². The minimum atomic E-state index is 1.01. The highest BCUT2D eigenvalue weighted by atomic mass is 79.9. The maximum Gasteiger partial charge on any atom is 0.137 e. The molecule has 0 saturated carbocycles. The fourth-order valence-corrected chi connectivity index (χ4v) is 2.61. The normalized spacial score (nSPS) is 11.2. The van der Waals surface area contributed by atoms with Crippen molar-refractivity contribution in [2.45, 2.75) is 26.7 Å². The van der Waals surface area contributed by atoms with E-state index in [1.165, 1.54) is 22.9 Å². The number of furan rings is 1. The lowest BCUT2D eigenvalue weighted by molar-refractivity contribution is 0.603. The SMILES string of the molecule is CCCNCCc1coc2c(C)cc(Br)cc12. The van der Waals surface area contributed by atoms with Gasteiger partial charge in [0.1, 0.15) is 5.58 Å². The van der Waals surface area contributed by atoms with Crippen LogP contribution in [0.25, 0.3) is 11.0 Å². The van der Waals surface area contributed by atoms with Crippen LogP contribution in [-0.2, 0) is 6.42 Å². The molecule has 3 heteroatoms. The molecule has 0 aliphatic rings. The molecule has 0 fully saturated rings. The summed E-state index contributed by atoms with van der Waals surface area (Å²) >= 11 is 3.54. The Morgan fingerprint density at radius 3 is 2.88 bits per heavy atom. The van der Waals surface area contributed by atoms with E-state index in [-0.39, 0.29) is 0 Å². The third kappa shape index (κ3) is 2.90. The van der Waals surface area contributed by atoms with E-state index >= 15 is 0 Å². The molecule has 1 aromatic heterocycles. The van der Waals surface area contributed by atoms with Crippen molar-refractivity contribution < 1.29 is 4.42 Å². The van der Waals surface area contributed by atoms with Crippen molar-refractivity contribution in [3.63, 3.8) is 0 Å². The molecule has 0 radical (unpaired) electrons. The Labute approximate surface area is 111 Å². The smallest absolute Gasteiger partial charge is 0.137 e. The highest BCUT2D eigenvalue weighted by Gasteiger charge is 2.08. The van der Waals surface area contributed by atoms with Gasteiger partial charge in [0.05, 0.1) is 6.26 Å². The summed E-state index contributed by atoms with van der Waals surface area (Å²) in [5.74, 6) is 0. The fraction of sp³-hybridized carbons (Fsp3) is 0.429. The molecule has 2 rings (SSSR count). The third-order valence-corrected chi connectivity index (χ3v) is 3.36. The molecule has 0 aliphatic carbocycles. The number of rotatable bonds is 5. The average molecular weight is 296 g/mol. The van der Waals surface area contributed by atoms with Crippen LogP contribution in [0.3, 0.4) is 0 Å². The van der Waals surface area contributed by atoms with Crippen LogP contribution < -0.4 is 5.32 Å². The summed E-state index contributed by atoms with van der Waals surface area (Å²) in [7, 11) is 0. The first-order valence-corrected chi connectivity index (χ1v) is 6.88. The predicted molar refractivity (Wildman–Crippen MR) is 75.5 cm³/mol. The summed E-state index contributed by atoms with van der Waals surface area (Å²) in [6, 6.07) is 4.23. The fourth-order valence-electron chi connectivity index (χ4n) is 2.04. The Kier molecular flexibility index (Phi) is 4.24. The molecule has 0 unspecified atom stereocenters. The number of benzene rings is 1. The van der Waals surface area contributed by atoms with E-state index in [0.717, 1.165) is 29.6 Å². The molecule has 17 heavy (non-hydrogen) atoms. The first kappa shape index (κ1) is 12.7. The monoisotopic (exact) mass is 295 g/mol. The third-order valence-electron chi connectivity index (χ3n) is 2.90. The zero-order valence-electron chi connectivity index (χ0n) is 10.3. The molecule has 0 spiro atoms. The van der Waals surface area contributed by atoms with Crippen molar-refractivity contribution in [3.05, 3.63) is 34.0 Å². The molecule has 2 nitrogen and oxygen atoms in total. The molecule has 1 heterocycles. The Morgan fingerprint density at radius 2 is 2.12 bits per heavy atom. The quantitative estimate of drug-likeness (QED) is 0.842. The number of aryl methyl sites for hydroxylation is 1. The van der Waals surface area contributed by atoms with Gasteiger partial charge in [0.25, 0.3) is 0 Å². The maximum atomic E-state index is 5.64. The van der Waals surface area contributed by atoms with Gasteiger partial charge in [-0.25, -0.2) is 0 Å². The van der Waals surface area contributed by atoms with Gasteiger partial charge in [0, 0.05) is 9.86 Å². The summed E-state index contributed by atoms with van der Waals surface area (Å²) in [6.45, 7) is 6.35. The van der Waals surface area contributed by atoms with Gasteiger partial charge < -0.3 is 9.73 Å². The maximum absolute atomic E-state index is 5.64. The minimum absolute atomic E-state index is 1.01. The molecule has 0 bridgehead atoms. The molecule has 0 aliphatic heterocycles. The van der Waals surface area contributed by atoms with Crippen molar-refractivity contribution in [1.29, 1.82) is 0 Å². The standard InChI is InChI=1S/C14H18BrNO/c1-3-5-16-6-4-11-9-17-14-10(2)7-12(15)8-13(11)14/h7-9,16H,3-6H2,1-2H3. The molecule has 92 valence electrons. The Balaban J connectivity index is 2.18. The van der Waals surface area contributed by atoms with E-state index in [1.807, 2.05) is 6.26 Å². The van der Waals surface area contributed by atoms with Gasteiger partial charge in [-0.3, -0.25) is 0 Å². The summed E-state index contributed by atoms with van der Waals surface area (Å²) < 4.78 is 6.76. The van der Waals surface area contributed by atoms with Crippen LogP contribution in [0, 0.1) is 6.92 Å². The van der Waals surface area contributed by atoms with Crippen LogP contribution in [-0.4, -0.2) is 13.1 Å². The summed E-state index contributed by atoms with van der Waals surface area (Å²) in [4.78, 5) is 0. The van der Waals surface area contributed by atoms with Crippen molar-refractivity contribution in [2.24, 2.45) is 0 Å². The second kappa shape index (κ2) is 5.69. The van der Waals surface area contributed by atoms with Gasteiger partial charge in [-0.15, -0.1) is 0 Å². The second-order valence-electron chi connectivity index (χ2n) is 4.36. The lowest BCUT2D eigenvalue weighted by Gasteiger charge is -2.02. The molecular weight excluding hydrogens is 278 g/mol. The number of fused-ring (bicyclic) bond motifs is 1. The van der Waals surface area contributed by atoms with E-state index in [9.17, 15) is 0 Å². The van der Waals surface area contributed by atoms with E-state index < -0.39 is 0 Å². The Bertz CT molecular complexity index is 504. The average Bonchev–Trinajstić information content (AvgIpc) is 2.68. The van der Waals surface area contributed by atoms with Crippen molar-refractivity contribution in [2.75, 3.05) is 13.1 Å². The van der Waals surface area contributed by atoms with Gasteiger partial charge in [-0.05, 0) is 56.1 Å². The topological polar surface area (TPSA) is 25.2 Å². The van der Waals surface area contributed by atoms with Gasteiger partial charge in [-0.2, -0.15) is 0 Å². The van der Waals surface area contributed by atoms with Crippen LogP contribution >= 0.6 is 15.9 Å². The molecule has 0 atom stereocenters. The van der Waals surface area contributed by atoms with Crippen LogP contribution in [0.1, 0.15) is 24.5 Å². The Morgan fingerprint density at radius 1 is 1.29 bits per heavy atom. The van der Waals surface area contributed by atoms with Crippen LogP contribution in [0.2, 0.25) is 0 Å². The van der Waals surface area contributed by atoms with Crippen LogP contribution in [0.4, 0.5) is 0 Å². The second-order valence-corrected chi connectivity index (χ2v) is 5.28. The summed E-state index contributed by atoms with van der Waals surface area (Å²) in [6.07, 6.45) is 4.08. The molecule has 0 amide bonds. The van der Waals surface area contributed by atoms with Gasteiger partial charge in [0.2, 0.25) is 0 Å². The summed E-state index contributed by atoms with van der Waals surface area (Å²) in [5.41, 5.74) is 3.48. The highest BCUT2D eigenvalue weighted by molar-refractivity contribution is 9.10. The first-order valence-electron chi connectivity index (χ1n) is 6.09. The lowest BCUT2D eigenvalue weighted by atomic mass is 10.1. The number of hydrogen-bond donors (Lipinski definition) is 1. The molecule has 1 aromatic carbocycles. The molecule has 1 N–H and O–H groups in total. The van der Waals surface area contributed by atoms with Gasteiger partial charge >= 0.3 is 0 Å². The van der Waals surface area contributed by atoms with Crippen LogP contribution in [0.15, 0.2) is 27.3 Å². The van der Waals surface area contributed by atoms with Gasteiger partial charge in [0.15, 0.2) is 0 Å². The van der Waals surface area contributed by atoms with Crippen molar-refractivity contribution >= 4 is 26.9 Å². The van der Waals surface area contributed by atoms with Crippen molar-refractivity contribution in [1.82, 2.24) is 5.32 Å². The van der Waals surface area contributed by atoms with E-state index in [1.54, 1.807) is 0 Å². The van der Waals surface area contributed by atoms with Crippen molar-refractivity contribution in [3.8, 4) is 0 Å². The number of hydrogen-bond acceptors (Lipinski definition) is 2. The number of halogens is 1. The predicted octanol–water partition coefficient (Wildman–Crippen LogP) is 4.05. The summed E-state index contributed by atoms with van der Waals surface area (Å²) in [5, 5.41) is 4.65. The van der Waals surface area contributed by atoms with Gasteiger partial charge in [-0.1, -0.05) is 22.9 Å². The molecule has 2 aromatic rings. The van der Waals surface area contributed by atoms with E-state index in [4.69, 9.17) is 4.42 Å². The molecule has 0 saturated heterocycles.